The molecule has 0 aromatic rings. The summed E-state index contributed by atoms with van der Waals surface area (Å²) in [7, 11) is 0. The van der Waals surface area contributed by atoms with Crippen LogP contribution in [-0.2, 0) is 0 Å². The number of hydrogen-bond donors (Lipinski definition) is 1. The highest BCUT2D eigenvalue weighted by Crippen LogP contribution is 2.43. The van der Waals surface area contributed by atoms with Crippen molar-refractivity contribution in [2.45, 2.75) is 31.8 Å². The second-order valence-corrected chi connectivity index (χ2v) is 4.04. The summed E-state index contributed by atoms with van der Waals surface area (Å²) in [6.45, 7) is 2.17. The van der Waals surface area contributed by atoms with Gasteiger partial charge in [-0.2, -0.15) is 0 Å². The summed E-state index contributed by atoms with van der Waals surface area (Å²) in [5, 5.41) is 3.53. The molecule has 3 aliphatic rings. The van der Waals surface area contributed by atoms with Gasteiger partial charge in [-0.05, 0) is 12.3 Å². The van der Waals surface area contributed by atoms with Crippen LogP contribution in [-0.4, -0.2) is 17.9 Å². The number of hydrogen-bond acceptors (Lipinski definition) is 2. The summed E-state index contributed by atoms with van der Waals surface area (Å²) in [6, 6.07) is 1.23. The van der Waals surface area contributed by atoms with Gasteiger partial charge in [0.25, 0.3) is 0 Å². The molecule has 4 atom stereocenters. The minimum Gasteiger partial charge on any atom is -0.368 e. The molecule has 1 saturated carbocycles. The molecule has 2 bridgehead atoms. The van der Waals surface area contributed by atoms with E-state index in [1.54, 1.807) is 0 Å². The van der Waals surface area contributed by atoms with Gasteiger partial charge in [0, 0.05) is 12.3 Å². The predicted molar refractivity (Wildman–Crippen MR) is 49.2 cm³/mol. The van der Waals surface area contributed by atoms with Gasteiger partial charge in [0.1, 0.15) is 0 Å². The zero-order valence-corrected chi connectivity index (χ0v) is 7.33. The molecule has 1 N–H and O–H groups in total. The molecule has 1 heterocycles. The van der Waals surface area contributed by atoms with E-state index in [1.807, 2.05) is 0 Å². The van der Waals surface area contributed by atoms with E-state index >= 15 is 0 Å². The lowest BCUT2D eigenvalue weighted by Gasteiger charge is -2.18. The zero-order chi connectivity index (χ0) is 8.13. The van der Waals surface area contributed by atoms with Gasteiger partial charge in [-0.25, -0.2) is 0 Å². The van der Waals surface area contributed by atoms with Crippen molar-refractivity contribution in [2.75, 3.05) is 0 Å². The van der Waals surface area contributed by atoms with Crippen LogP contribution in [0.4, 0.5) is 0 Å². The normalized spacial score (nSPS) is 47.6. The summed E-state index contributed by atoms with van der Waals surface area (Å²) in [6.07, 6.45) is 7.12. The van der Waals surface area contributed by atoms with E-state index in [2.05, 4.69) is 24.4 Å². The van der Waals surface area contributed by atoms with Crippen molar-refractivity contribution < 1.29 is 0 Å². The number of amidine groups is 1. The van der Waals surface area contributed by atoms with E-state index in [9.17, 15) is 0 Å². The number of aliphatic imine (C=N–C) groups is 1. The molecule has 0 radical (unpaired) electrons. The summed E-state index contributed by atoms with van der Waals surface area (Å²) >= 11 is 0. The third-order valence-electron chi connectivity index (χ3n) is 3.39. The largest absolute Gasteiger partial charge is 0.368 e. The Balaban J connectivity index is 1.90. The highest BCUT2D eigenvalue weighted by molar-refractivity contribution is 5.84. The Labute approximate surface area is 72.8 Å². The molecule has 0 aromatic heterocycles. The van der Waals surface area contributed by atoms with Gasteiger partial charge < -0.3 is 5.32 Å². The molecule has 1 aliphatic heterocycles. The Hall–Kier alpha value is -0.790. The monoisotopic (exact) mass is 162 g/mol. The maximum Gasteiger partial charge on any atom is 0.0968 e. The van der Waals surface area contributed by atoms with Gasteiger partial charge in [-0.3, -0.25) is 4.99 Å². The van der Waals surface area contributed by atoms with E-state index in [-0.39, 0.29) is 0 Å². The Kier molecular flexibility index (Phi) is 1.18. The third-order valence-corrected chi connectivity index (χ3v) is 3.39. The van der Waals surface area contributed by atoms with Gasteiger partial charge in [-0.15, -0.1) is 0 Å². The van der Waals surface area contributed by atoms with Crippen LogP contribution < -0.4 is 5.32 Å². The fourth-order valence-electron chi connectivity index (χ4n) is 2.77. The van der Waals surface area contributed by atoms with Crippen molar-refractivity contribution in [3.8, 4) is 0 Å². The number of fused-ring (bicyclic) bond motifs is 5. The molecule has 0 spiro atoms. The first-order valence-electron chi connectivity index (χ1n) is 4.90. The van der Waals surface area contributed by atoms with Crippen molar-refractivity contribution in [2.24, 2.45) is 16.8 Å². The first-order valence-corrected chi connectivity index (χ1v) is 4.90. The molecule has 0 aromatic carbocycles. The lowest BCUT2D eigenvalue weighted by atomic mass is 9.98. The molecule has 4 unspecified atom stereocenters. The molecule has 1 fully saturated rings. The van der Waals surface area contributed by atoms with Crippen molar-refractivity contribution >= 4 is 5.84 Å². The van der Waals surface area contributed by atoms with Crippen LogP contribution >= 0.6 is 0 Å². The fraction of sp³-hybridized carbons (Fsp3) is 0.700. The topological polar surface area (TPSA) is 24.4 Å². The van der Waals surface area contributed by atoms with Crippen LogP contribution in [0.3, 0.4) is 0 Å². The molecular weight excluding hydrogens is 148 g/mol. The molecule has 12 heavy (non-hydrogen) atoms. The van der Waals surface area contributed by atoms with Crippen molar-refractivity contribution in [1.82, 2.24) is 5.32 Å². The highest BCUT2D eigenvalue weighted by Gasteiger charge is 2.47. The van der Waals surface area contributed by atoms with E-state index in [4.69, 9.17) is 4.99 Å². The molecule has 2 heteroatoms. The second kappa shape index (κ2) is 2.12. The molecule has 0 amide bonds. The predicted octanol–water partition coefficient (Wildman–Crippen LogP) is 1.34. The van der Waals surface area contributed by atoms with Gasteiger partial charge in [0.15, 0.2) is 0 Å². The Morgan fingerprint density at radius 2 is 2.33 bits per heavy atom. The van der Waals surface area contributed by atoms with Gasteiger partial charge >= 0.3 is 0 Å². The number of rotatable bonds is 1. The van der Waals surface area contributed by atoms with Crippen molar-refractivity contribution in [3.05, 3.63) is 12.2 Å². The minimum absolute atomic E-state index is 0.579. The summed E-state index contributed by atoms with van der Waals surface area (Å²) < 4.78 is 0. The fourth-order valence-corrected chi connectivity index (χ4v) is 2.77. The van der Waals surface area contributed by atoms with Gasteiger partial charge in [-0.1, -0.05) is 19.1 Å². The first kappa shape index (κ1) is 6.70. The number of nitrogens with one attached hydrogen (secondary N) is 1. The minimum atomic E-state index is 0.579. The average molecular weight is 162 g/mol. The smallest absolute Gasteiger partial charge is 0.0968 e. The molecule has 2 aliphatic carbocycles. The van der Waals surface area contributed by atoms with Crippen LogP contribution in [0.25, 0.3) is 0 Å². The summed E-state index contributed by atoms with van der Waals surface area (Å²) in [4.78, 5) is 4.71. The summed E-state index contributed by atoms with van der Waals surface area (Å²) in [5.41, 5.74) is 0. The maximum absolute atomic E-state index is 4.71. The average Bonchev–Trinajstić information content (AvgIpc) is 2.75. The lowest BCUT2D eigenvalue weighted by Crippen LogP contribution is -2.37. The molecular formula is C10H14N2. The van der Waals surface area contributed by atoms with E-state index in [0.29, 0.717) is 12.1 Å². The number of nitrogens with zero attached hydrogens (tertiary/aromatic N) is 1. The van der Waals surface area contributed by atoms with Crippen molar-refractivity contribution in [3.63, 3.8) is 0 Å². The molecule has 2 nitrogen and oxygen atoms in total. The standard InChI is InChI=1S/C10H14N2/c1-2-8-11-9-6-3-4-7(5-6)10(9)12-8/h3-4,6-7,9-10H,2,5H2,1H3,(H,11,12). The van der Waals surface area contributed by atoms with Crippen LogP contribution in [0.15, 0.2) is 17.1 Å². The van der Waals surface area contributed by atoms with Gasteiger partial charge in [0.2, 0.25) is 0 Å². The Morgan fingerprint density at radius 3 is 3.08 bits per heavy atom. The first-order chi connectivity index (χ1) is 5.88. The lowest BCUT2D eigenvalue weighted by molar-refractivity contribution is 0.496. The Bertz CT molecular complexity index is 267. The third kappa shape index (κ3) is 0.680. The molecule has 0 saturated heterocycles. The maximum atomic E-state index is 4.71. The van der Waals surface area contributed by atoms with E-state index in [1.165, 1.54) is 12.3 Å². The van der Waals surface area contributed by atoms with E-state index in [0.717, 1.165) is 18.3 Å². The zero-order valence-electron chi connectivity index (χ0n) is 7.33. The molecule has 3 rings (SSSR count). The highest BCUT2D eigenvalue weighted by atomic mass is 15.1. The second-order valence-electron chi connectivity index (χ2n) is 4.04. The van der Waals surface area contributed by atoms with Crippen LogP contribution in [0.1, 0.15) is 19.8 Å². The van der Waals surface area contributed by atoms with Crippen LogP contribution in [0.5, 0.6) is 0 Å². The SMILES string of the molecule is CCC1=NC2C3C=CC(C3)C2N1. The van der Waals surface area contributed by atoms with Crippen LogP contribution in [0.2, 0.25) is 0 Å². The van der Waals surface area contributed by atoms with E-state index < -0.39 is 0 Å². The van der Waals surface area contributed by atoms with Gasteiger partial charge in [0.05, 0.1) is 17.9 Å². The van der Waals surface area contributed by atoms with Crippen LogP contribution in [0, 0.1) is 11.8 Å². The molecule has 64 valence electrons. The summed E-state index contributed by atoms with van der Waals surface area (Å²) in [5.74, 6) is 2.74. The Morgan fingerprint density at radius 1 is 1.50 bits per heavy atom. The quantitative estimate of drug-likeness (QED) is 0.578. The van der Waals surface area contributed by atoms with Crippen molar-refractivity contribution in [1.29, 1.82) is 0 Å².